The summed E-state index contributed by atoms with van der Waals surface area (Å²) in [7, 11) is -1.23. The maximum atomic E-state index is 12.5. The fraction of sp³-hybridized carbons (Fsp3) is 0.317. The molecule has 3 aromatic carbocycles. The summed E-state index contributed by atoms with van der Waals surface area (Å²) < 4.78 is 41.3. The van der Waals surface area contributed by atoms with E-state index in [1.807, 2.05) is 99.6 Å². The number of hydrogen-bond donors (Lipinski definition) is 0. The van der Waals surface area contributed by atoms with Gasteiger partial charge < -0.3 is 23.4 Å². The number of carbonyl (C=O) groups excluding carboxylic acids is 2. The van der Waals surface area contributed by atoms with Gasteiger partial charge in [-0.2, -0.15) is 0 Å². The second kappa shape index (κ2) is 17.8. The van der Waals surface area contributed by atoms with Crippen molar-refractivity contribution < 1.29 is 37.2 Å². The van der Waals surface area contributed by atoms with Crippen LogP contribution in [-0.4, -0.2) is 44.6 Å². The lowest BCUT2D eigenvalue weighted by atomic mass is 10.0. The van der Waals surface area contributed by atoms with Crippen LogP contribution in [0.1, 0.15) is 62.8 Å². The van der Waals surface area contributed by atoms with Crippen LogP contribution in [0.3, 0.4) is 0 Å². The molecule has 272 valence electrons. The maximum Gasteiger partial charge on any atom is 0.310 e. The summed E-state index contributed by atoms with van der Waals surface area (Å²) in [5, 5.41) is 0.839. The number of benzene rings is 3. The molecular weight excluding hydrogens is 681 g/mol. The lowest BCUT2D eigenvalue weighted by molar-refractivity contribution is -0.143. The van der Waals surface area contributed by atoms with Crippen molar-refractivity contribution >= 4 is 39.3 Å². The van der Waals surface area contributed by atoms with E-state index in [1.165, 1.54) is 5.55 Å². The van der Waals surface area contributed by atoms with E-state index in [4.69, 9.17) is 23.4 Å². The fourth-order valence-electron chi connectivity index (χ4n) is 5.35. The van der Waals surface area contributed by atoms with Crippen LogP contribution in [0.25, 0.3) is 22.1 Å². The Morgan fingerprint density at radius 3 is 2.06 bits per heavy atom. The molecule has 0 saturated heterocycles. The van der Waals surface area contributed by atoms with Crippen LogP contribution in [0.2, 0.25) is 0 Å². The van der Waals surface area contributed by atoms with Gasteiger partial charge >= 0.3 is 11.9 Å². The molecule has 1 atom stereocenters. The first-order chi connectivity index (χ1) is 25.0. The number of pyridine rings is 1. The highest BCUT2D eigenvalue weighted by atomic mass is 32.2. The van der Waals surface area contributed by atoms with Crippen molar-refractivity contribution in [2.45, 2.75) is 72.0 Å². The Labute approximate surface area is 306 Å². The quantitative estimate of drug-likeness (QED) is 0.0566. The summed E-state index contributed by atoms with van der Waals surface area (Å²) in [5.74, 6) is 1.11. The smallest absolute Gasteiger partial charge is 0.310 e. The molecule has 0 bridgehead atoms. The van der Waals surface area contributed by atoms with Gasteiger partial charge in [-0.1, -0.05) is 36.4 Å². The highest BCUT2D eigenvalue weighted by Gasteiger charge is 2.18. The number of ether oxygens (including phenoxy) is 4. The predicted molar refractivity (Wildman–Crippen MR) is 202 cm³/mol. The van der Waals surface area contributed by atoms with Crippen molar-refractivity contribution in [3.05, 3.63) is 113 Å². The van der Waals surface area contributed by atoms with E-state index in [0.29, 0.717) is 41.7 Å². The van der Waals surface area contributed by atoms with Gasteiger partial charge in [-0.15, -0.1) is 0 Å². The second-order valence-electron chi connectivity index (χ2n) is 12.9. The Morgan fingerprint density at radius 2 is 1.44 bits per heavy atom. The summed E-state index contributed by atoms with van der Waals surface area (Å²) >= 11 is 0. The number of furan rings is 1. The van der Waals surface area contributed by atoms with Crippen molar-refractivity contribution in [2.24, 2.45) is 4.99 Å². The number of fused-ring (bicyclic) bond motifs is 1. The van der Waals surface area contributed by atoms with Gasteiger partial charge in [0.25, 0.3) is 0 Å². The first kappa shape index (κ1) is 38.0. The highest BCUT2D eigenvalue weighted by molar-refractivity contribution is 7.99. The molecule has 0 aliphatic carbocycles. The van der Waals surface area contributed by atoms with Gasteiger partial charge in [0.15, 0.2) is 0 Å². The second-order valence-corrected chi connectivity index (χ2v) is 15.0. The number of esters is 2. The number of hydrogen-bond acceptors (Lipinski definition) is 10. The summed E-state index contributed by atoms with van der Waals surface area (Å²) in [6, 6.07) is 24.6. The first-order valence-corrected chi connectivity index (χ1v) is 18.4. The van der Waals surface area contributed by atoms with Crippen LogP contribution in [-0.2, 0) is 62.5 Å². The summed E-state index contributed by atoms with van der Waals surface area (Å²) in [4.78, 5) is 33.4. The van der Waals surface area contributed by atoms with E-state index in [2.05, 4.69) is 9.98 Å². The Balaban J connectivity index is 1.45. The minimum atomic E-state index is -1.23. The van der Waals surface area contributed by atoms with Gasteiger partial charge in [-0.05, 0) is 88.2 Å². The maximum absolute atomic E-state index is 12.5. The molecule has 2 heterocycles. The Bertz CT molecular complexity index is 2060. The van der Waals surface area contributed by atoms with Gasteiger partial charge in [0.05, 0.1) is 54.6 Å². The van der Waals surface area contributed by atoms with Gasteiger partial charge in [0, 0.05) is 33.0 Å². The van der Waals surface area contributed by atoms with E-state index in [-0.39, 0.29) is 44.5 Å². The van der Waals surface area contributed by atoms with Crippen molar-refractivity contribution in [1.29, 1.82) is 0 Å². The molecule has 0 fully saturated rings. The largest absolute Gasteiger partial charge is 0.489 e. The molecule has 52 heavy (non-hydrogen) atoms. The van der Waals surface area contributed by atoms with Crippen molar-refractivity contribution in [3.63, 3.8) is 0 Å². The van der Waals surface area contributed by atoms with Crippen LogP contribution in [0.4, 0.5) is 0 Å². The molecule has 2 aromatic heterocycles. The van der Waals surface area contributed by atoms with E-state index < -0.39 is 15.5 Å². The molecule has 0 aliphatic rings. The molecule has 10 nitrogen and oxygen atoms in total. The van der Waals surface area contributed by atoms with E-state index in [0.717, 1.165) is 33.2 Å². The first-order valence-electron chi connectivity index (χ1n) is 17.2. The zero-order valence-electron chi connectivity index (χ0n) is 30.2. The standard InChI is InChI=1S/C41H44N2O8S/c1-6-47-38(44)22-30-12-8-10-14-36(30)49-25-28-18-32-21-34(26-50-37-15-11-9-13-31(37)23-39(45)48-7-2)51-40(32)35(19-28)29-16-17-43-33(20-29)24-42-27-52(46)41(3,4)5/h8-21,27H,6-7,22-26H2,1-5H3. The van der Waals surface area contributed by atoms with E-state index in [1.54, 1.807) is 20.0 Å². The monoisotopic (exact) mass is 724 g/mol. The highest BCUT2D eigenvalue weighted by Crippen LogP contribution is 2.34. The summed E-state index contributed by atoms with van der Waals surface area (Å²) in [6.45, 7) is 10.5. The van der Waals surface area contributed by atoms with Crippen LogP contribution < -0.4 is 9.47 Å². The Morgan fingerprint density at radius 1 is 0.827 bits per heavy atom. The molecule has 0 aliphatic heterocycles. The summed E-state index contributed by atoms with van der Waals surface area (Å²) in [5.41, 5.74) is 6.84. The number of para-hydroxylation sites is 2. The minimum Gasteiger partial charge on any atom is -0.489 e. The van der Waals surface area contributed by atoms with Gasteiger partial charge in [0.2, 0.25) is 0 Å². The van der Waals surface area contributed by atoms with Crippen molar-refractivity contribution in [3.8, 4) is 22.6 Å². The molecule has 0 spiro atoms. The minimum absolute atomic E-state index is 0.0983. The number of carbonyl (C=O) groups is 2. The third-order valence-electron chi connectivity index (χ3n) is 7.87. The Kier molecular flexibility index (Phi) is 13.0. The summed E-state index contributed by atoms with van der Waals surface area (Å²) in [6.07, 6.45) is 1.92. The normalized spacial score (nSPS) is 12.2. The van der Waals surface area contributed by atoms with Crippen LogP contribution in [0, 0.1) is 0 Å². The Hall–Kier alpha value is -5.29. The van der Waals surface area contributed by atoms with Crippen molar-refractivity contribution in [1.82, 2.24) is 4.98 Å². The third kappa shape index (κ3) is 10.4. The molecule has 5 aromatic rings. The molecule has 0 amide bonds. The molecular formula is C41H44N2O8S. The third-order valence-corrected chi connectivity index (χ3v) is 9.42. The van der Waals surface area contributed by atoms with Gasteiger partial charge in [0.1, 0.15) is 36.1 Å². The van der Waals surface area contributed by atoms with E-state index in [9.17, 15) is 13.8 Å². The average molecular weight is 725 g/mol. The fourth-order valence-corrected chi connectivity index (χ4v) is 5.88. The molecule has 5 rings (SSSR count). The number of rotatable bonds is 16. The topological polar surface area (TPSA) is 127 Å². The molecule has 0 radical (unpaired) electrons. The predicted octanol–water partition coefficient (Wildman–Crippen LogP) is 7.94. The van der Waals surface area contributed by atoms with Gasteiger partial charge in [-0.3, -0.25) is 23.8 Å². The zero-order chi connectivity index (χ0) is 37.1. The number of aromatic nitrogens is 1. The number of nitrogens with zero attached hydrogens (tertiary/aromatic N) is 2. The molecule has 1 unspecified atom stereocenters. The lowest BCUT2D eigenvalue weighted by Crippen LogP contribution is -2.22. The lowest BCUT2D eigenvalue weighted by Gasteiger charge is -2.13. The number of aliphatic imine (C=N–C) groups is 1. The SMILES string of the molecule is CCOC(=O)Cc1ccccc1OCc1cc(-c2ccnc(CN=CS(=O)C(C)(C)C)c2)c2oc(COc3ccccc3CC(=O)OCC)cc2c1. The molecule has 0 saturated carbocycles. The zero-order valence-corrected chi connectivity index (χ0v) is 31.0. The molecule has 11 heteroatoms. The molecule has 0 N–H and O–H groups in total. The van der Waals surface area contributed by atoms with Crippen LogP contribution in [0.5, 0.6) is 11.5 Å². The van der Waals surface area contributed by atoms with Crippen molar-refractivity contribution in [2.75, 3.05) is 13.2 Å². The van der Waals surface area contributed by atoms with Gasteiger partial charge in [-0.25, -0.2) is 0 Å². The van der Waals surface area contributed by atoms with Crippen LogP contribution >= 0.6 is 0 Å². The average Bonchev–Trinajstić information content (AvgIpc) is 3.53. The van der Waals surface area contributed by atoms with E-state index >= 15 is 0 Å². The van der Waals surface area contributed by atoms with Crippen LogP contribution in [0.15, 0.2) is 94.5 Å².